The Hall–Kier alpha value is -1.56. The van der Waals surface area contributed by atoms with E-state index in [0.29, 0.717) is 13.1 Å². The van der Waals surface area contributed by atoms with Crippen LogP contribution in [0, 0.1) is 0 Å². The monoisotopic (exact) mass is 333 g/mol. The molecule has 23 heavy (non-hydrogen) atoms. The Morgan fingerprint density at radius 1 is 1.26 bits per heavy atom. The predicted molar refractivity (Wildman–Crippen MR) is 89.7 cm³/mol. The predicted octanol–water partition coefficient (Wildman–Crippen LogP) is 2.04. The van der Waals surface area contributed by atoms with E-state index in [0.717, 1.165) is 55.2 Å². The summed E-state index contributed by atoms with van der Waals surface area (Å²) >= 11 is 6.27. The molecule has 1 aromatic heterocycles. The standard InChI is InChI=1S/C17H20ClN3O2/c18-14-3-1-2-12-13-10-21(5-4-15(13)19-17(12)14)16(22)11-20-6-8-23-9-7-20/h1-3,19H,4-11H2. The number of carbonyl (C=O) groups is 1. The van der Waals surface area contributed by atoms with E-state index in [-0.39, 0.29) is 5.91 Å². The van der Waals surface area contributed by atoms with Crippen LogP contribution in [-0.4, -0.2) is 60.1 Å². The summed E-state index contributed by atoms with van der Waals surface area (Å²) in [7, 11) is 0. The average molecular weight is 334 g/mol. The van der Waals surface area contributed by atoms with Crippen molar-refractivity contribution in [2.45, 2.75) is 13.0 Å². The number of H-pyrrole nitrogens is 1. The number of benzene rings is 1. The zero-order valence-corrected chi connectivity index (χ0v) is 13.7. The summed E-state index contributed by atoms with van der Waals surface area (Å²) in [5.74, 6) is 0.203. The number of hydrogen-bond acceptors (Lipinski definition) is 3. The van der Waals surface area contributed by atoms with Crippen LogP contribution in [-0.2, 0) is 22.5 Å². The minimum Gasteiger partial charge on any atom is -0.379 e. The molecule has 0 spiro atoms. The van der Waals surface area contributed by atoms with Crippen molar-refractivity contribution in [1.82, 2.24) is 14.8 Å². The van der Waals surface area contributed by atoms with Crippen molar-refractivity contribution < 1.29 is 9.53 Å². The van der Waals surface area contributed by atoms with Crippen molar-refractivity contribution >= 4 is 28.4 Å². The maximum atomic E-state index is 12.6. The molecular weight excluding hydrogens is 314 g/mol. The van der Waals surface area contributed by atoms with Crippen molar-refractivity contribution in [2.75, 3.05) is 39.4 Å². The van der Waals surface area contributed by atoms with Crippen LogP contribution in [0.25, 0.3) is 10.9 Å². The number of amides is 1. The van der Waals surface area contributed by atoms with E-state index >= 15 is 0 Å². The van der Waals surface area contributed by atoms with Crippen molar-refractivity contribution in [2.24, 2.45) is 0 Å². The lowest BCUT2D eigenvalue weighted by Crippen LogP contribution is -2.46. The minimum atomic E-state index is 0.203. The number of aromatic amines is 1. The van der Waals surface area contributed by atoms with Gasteiger partial charge in [0.25, 0.3) is 0 Å². The highest BCUT2D eigenvalue weighted by Crippen LogP contribution is 2.31. The van der Waals surface area contributed by atoms with Crippen molar-refractivity contribution in [1.29, 1.82) is 0 Å². The number of nitrogens with one attached hydrogen (secondary N) is 1. The molecule has 122 valence electrons. The topological polar surface area (TPSA) is 48.6 Å². The summed E-state index contributed by atoms with van der Waals surface area (Å²) in [6.07, 6.45) is 0.856. The Balaban J connectivity index is 1.52. The van der Waals surface area contributed by atoms with E-state index < -0.39 is 0 Å². The normalized spacial score (nSPS) is 19.1. The van der Waals surface area contributed by atoms with Gasteiger partial charge in [0.05, 0.1) is 30.3 Å². The summed E-state index contributed by atoms with van der Waals surface area (Å²) in [5, 5.41) is 1.87. The van der Waals surface area contributed by atoms with E-state index in [4.69, 9.17) is 16.3 Å². The van der Waals surface area contributed by atoms with Gasteiger partial charge < -0.3 is 14.6 Å². The highest BCUT2D eigenvalue weighted by Gasteiger charge is 2.26. The zero-order chi connectivity index (χ0) is 15.8. The molecule has 1 amide bonds. The molecule has 2 aliphatic heterocycles. The number of rotatable bonds is 2. The Labute approximate surface area is 140 Å². The number of ether oxygens (including phenoxy) is 1. The molecule has 1 saturated heterocycles. The number of nitrogens with zero attached hydrogens (tertiary/aromatic N) is 2. The van der Waals surface area contributed by atoms with Gasteiger partial charge in [-0.05, 0) is 6.07 Å². The molecule has 1 N–H and O–H groups in total. The zero-order valence-electron chi connectivity index (χ0n) is 13.0. The fraction of sp³-hybridized carbons (Fsp3) is 0.471. The van der Waals surface area contributed by atoms with Crippen LogP contribution in [0.4, 0.5) is 0 Å². The fourth-order valence-electron chi connectivity index (χ4n) is 3.47. The average Bonchev–Trinajstić information content (AvgIpc) is 2.95. The van der Waals surface area contributed by atoms with Crippen LogP contribution in [0.5, 0.6) is 0 Å². The molecule has 6 heteroatoms. The van der Waals surface area contributed by atoms with E-state index in [9.17, 15) is 4.79 Å². The van der Waals surface area contributed by atoms with Gasteiger partial charge in [-0.3, -0.25) is 9.69 Å². The van der Waals surface area contributed by atoms with Crippen LogP contribution in [0.3, 0.4) is 0 Å². The smallest absolute Gasteiger partial charge is 0.237 e. The third-order valence-corrected chi connectivity index (χ3v) is 5.09. The third-order valence-electron chi connectivity index (χ3n) is 4.77. The van der Waals surface area contributed by atoms with Crippen LogP contribution >= 0.6 is 11.6 Å². The Morgan fingerprint density at radius 2 is 2.09 bits per heavy atom. The lowest BCUT2D eigenvalue weighted by atomic mass is 10.0. The number of carbonyl (C=O) groups excluding carboxylic acids is 1. The van der Waals surface area contributed by atoms with Gasteiger partial charge >= 0.3 is 0 Å². The first-order chi connectivity index (χ1) is 11.2. The second-order valence-electron chi connectivity index (χ2n) is 6.20. The quantitative estimate of drug-likeness (QED) is 0.915. The minimum absolute atomic E-state index is 0.203. The third kappa shape index (κ3) is 2.84. The number of morpholine rings is 1. The number of fused-ring (bicyclic) bond motifs is 3. The summed E-state index contributed by atoms with van der Waals surface area (Å²) in [6.45, 7) is 5.04. The molecule has 0 saturated carbocycles. The Kier molecular flexibility index (Phi) is 4.01. The molecule has 2 aromatic rings. The highest BCUT2D eigenvalue weighted by atomic mass is 35.5. The first-order valence-electron chi connectivity index (χ1n) is 8.08. The van der Waals surface area contributed by atoms with E-state index in [1.165, 1.54) is 11.3 Å². The summed E-state index contributed by atoms with van der Waals surface area (Å²) in [6, 6.07) is 5.94. The number of halogens is 1. The SMILES string of the molecule is O=C(CN1CCOCC1)N1CCc2[nH]c3c(Cl)cccc3c2C1. The van der Waals surface area contributed by atoms with Gasteiger partial charge in [0.15, 0.2) is 0 Å². The molecule has 1 fully saturated rings. The molecule has 0 bridgehead atoms. The lowest BCUT2D eigenvalue weighted by Gasteiger charge is -2.31. The van der Waals surface area contributed by atoms with Gasteiger partial charge in [0.1, 0.15) is 0 Å². The molecule has 5 nitrogen and oxygen atoms in total. The van der Waals surface area contributed by atoms with Gasteiger partial charge in [0, 0.05) is 49.2 Å². The van der Waals surface area contributed by atoms with Crippen molar-refractivity contribution in [3.05, 3.63) is 34.5 Å². The number of aromatic nitrogens is 1. The van der Waals surface area contributed by atoms with Crippen LogP contribution in [0.1, 0.15) is 11.3 Å². The summed E-state index contributed by atoms with van der Waals surface area (Å²) in [4.78, 5) is 20.2. The van der Waals surface area contributed by atoms with Crippen LogP contribution in [0.15, 0.2) is 18.2 Å². The Morgan fingerprint density at radius 3 is 2.91 bits per heavy atom. The van der Waals surface area contributed by atoms with Crippen molar-refractivity contribution in [3.8, 4) is 0 Å². The van der Waals surface area contributed by atoms with Gasteiger partial charge in [-0.15, -0.1) is 0 Å². The molecule has 4 rings (SSSR count). The lowest BCUT2D eigenvalue weighted by molar-refractivity contribution is -0.134. The van der Waals surface area contributed by atoms with Gasteiger partial charge in [-0.2, -0.15) is 0 Å². The number of para-hydroxylation sites is 1. The first-order valence-corrected chi connectivity index (χ1v) is 8.46. The molecule has 1 aromatic carbocycles. The molecule has 0 radical (unpaired) electrons. The maximum absolute atomic E-state index is 12.6. The molecule has 3 heterocycles. The second-order valence-corrected chi connectivity index (χ2v) is 6.61. The van der Waals surface area contributed by atoms with Crippen LogP contribution in [0.2, 0.25) is 5.02 Å². The van der Waals surface area contributed by atoms with Gasteiger partial charge in [-0.25, -0.2) is 0 Å². The first kappa shape index (κ1) is 15.0. The largest absolute Gasteiger partial charge is 0.379 e. The summed E-state index contributed by atoms with van der Waals surface area (Å²) in [5.41, 5.74) is 3.41. The maximum Gasteiger partial charge on any atom is 0.237 e. The highest BCUT2D eigenvalue weighted by molar-refractivity contribution is 6.35. The molecule has 0 unspecified atom stereocenters. The van der Waals surface area contributed by atoms with E-state index in [2.05, 4.69) is 16.0 Å². The fourth-order valence-corrected chi connectivity index (χ4v) is 3.69. The molecular formula is C17H20ClN3O2. The second kappa shape index (κ2) is 6.15. The summed E-state index contributed by atoms with van der Waals surface area (Å²) < 4.78 is 5.34. The van der Waals surface area contributed by atoms with E-state index in [1.807, 2.05) is 17.0 Å². The van der Waals surface area contributed by atoms with Crippen molar-refractivity contribution in [3.63, 3.8) is 0 Å². The Bertz CT molecular complexity index is 737. The van der Waals surface area contributed by atoms with Gasteiger partial charge in [-0.1, -0.05) is 23.7 Å². The number of hydrogen-bond donors (Lipinski definition) is 1. The van der Waals surface area contributed by atoms with Gasteiger partial charge in [0.2, 0.25) is 5.91 Å². The van der Waals surface area contributed by atoms with Crippen LogP contribution < -0.4 is 0 Å². The molecule has 0 aliphatic carbocycles. The van der Waals surface area contributed by atoms with E-state index in [1.54, 1.807) is 0 Å². The molecule has 0 atom stereocenters. The molecule has 2 aliphatic rings.